The van der Waals surface area contributed by atoms with Crippen molar-refractivity contribution < 1.29 is 54.6 Å². The average molecular weight is 552 g/mol. The molecule has 2 aliphatic rings. The molecule has 1 unspecified atom stereocenters. The second-order valence-corrected chi connectivity index (χ2v) is 10.4. The molecule has 206 valence electrons. The van der Waals surface area contributed by atoms with Gasteiger partial charge in [-0.1, -0.05) is 6.42 Å². The maximum absolute atomic E-state index is 11.8. The first-order valence-corrected chi connectivity index (χ1v) is 12.3. The first-order chi connectivity index (χ1) is 16.3. The van der Waals surface area contributed by atoms with Crippen LogP contribution in [0.25, 0.3) is 0 Å². The fourth-order valence-corrected chi connectivity index (χ4v) is 5.02. The molecule has 2 N–H and O–H groups in total. The lowest BCUT2D eigenvalue weighted by Gasteiger charge is -2.39. The second kappa shape index (κ2) is 12.7. The third-order valence-electron chi connectivity index (χ3n) is 5.73. The van der Waals surface area contributed by atoms with Gasteiger partial charge in [0.25, 0.3) is 0 Å². The number of sulfonamides is 1. The highest BCUT2D eigenvalue weighted by molar-refractivity contribution is 7.88. The zero-order valence-corrected chi connectivity index (χ0v) is 20.1. The van der Waals surface area contributed by atoms with Crippen LogP contribution in [0.2, 0.25) is 0 Å². The molecule has 0 aromatic carbocycles. The minimum Gasteiger partial charge on any atom is -0.475 e. The maximum Gasteiger partial charge on any atom is 0.490 e. The van der Waals surface area contributed by atoms with Gasteiger partial charge < -0.3 is 10.2 Å². The molecule has 2 fully saturated rings. The molecule has 36 heavy (non-hydrogen) atoms. The first-order valence-electron chi connectivity index (χ1n) is 10.5. The summed E-state index contributed by atoms with van der Waals surface area (Å²) in [5, 5.41) is 14.2. The van der Waals surface area contributed by atoms with Gasteiger partial charge in [0, 0.05) is 38.1 Å². The van der Waals surface area contributed by atoms with E-state index in [1.807, 2.05) is 24.5 Å². The summed E-state index contributed by atoms with van der Waals surface area (Å²) in [5.74, 6) is -4.52. The standard InChI is InChI=1S/C16H25N3O2S.2C2HF3O2/c1-18(10-13-6-8-17-9-7-13)16-5-3-4-14-11-19(12-15(14)16)22(2,20)21;2*3-2(4,5)1(6)7/h6-9,14-16H,3-5,10-12H2,1-2H3;2*(H,6,7)/t14-,15+,16?;;/m1../s1. The van der Waals surface area contributed by atoms with E-state index in [4.69, 9.17) is 19.8 Å². The molecule has 3 atom stereocenters. The molecule has 9 nitrogen and oxygen atoms in total. The first kappa shape index (κ1) is 31.6. The van der Waals surface area contributed by atoms with E-state index in [1.165, 1.54) is 24.7 Å². The number of hydrogen-bond acceptors (Lipinski definition) is 6. The normalized spacial score (nSPS) is 22.5. The highest BCUT2D eigenvalue weighted by atomic mass is 32.2. The van der Waals surface area contributed by atoms with Gasteiger partial charge in [0.2, 0.25) is 10.0 Å². The SMILES string of the molecule is CN(Cc1ccncc1)C1CCC[C@@H]2CN(S(C)(=O)=O)C[C@H]12.O=C(O)C(F)(F)F.O=C(O)C(F)(F)F. The lowest BCUT2D eigenvalue weighted by molar-refractivity contribution is -0.193. The lowest BCUT2D eigenvalue weighted by Crippen LogP contribution is -2.43. The van der Waals surface area contributed by atoms with Crippen molar-refractivity contribution in [3.63, 3.8) is 0 Å². The van der Waals surface area contributed by atoms with Gasteiger partial charge in [0.15, 0.2) is 0 Å². The van der Waals surface area contributed by atoms with Crippen molar-refractivity contribution in [2.45, 2.75) is 44.2 Å². The number of hydrogen-bond donors (Lipinski definition) is 2. The number of carboxylic acids is 2. The zero-order valence-electron chi connectivity index (χ0n) is 19.3. The Labute approximate surface area is 203 Å². The van der Waals surface area contributed by atoms with Crippen LogP contribution in [0, 0.1) is 11.8 Å². The molecule has 0 amide bonds. The molecule has 1 saturated carbocycles. The van der Waals surface area contributed by atoms with Crippen molar-refractivity contribution in [2.24, 2.45) is 11.8 Å². The van der Waals surface area contributed by atoms with E-state index < -0.39 is 34.3 Å². The smallest absolute Gasteiger partial charge is 0.475 e. The number of alkyl halides is 6. The van der Waals surface area contributed by atoms with Crippen LogP contribution in [0.5, 0.6) is 0 Å². The zero-order chi connectivity index (χ0) is 27.9. The highest BCUT2D eigenvalue weighted by Gasteiger charge is 2.44. The molecular formula is C20H27F6N3O6S. The maximum atomic E-state index is 11.8. The Morgan fingerprint density at radius 2 is 1.50 bits per heavy atom. The molecule has 0 spiro atoms. The predicted octanol–water partition coefficient (Wildman–Crippen LogP) is 2.84. The Balaban J connectivity index is 0.000000383. The van der Waals surface area contributed by atoms with Crippen LogP contribution in [0.1, 0.15) is 24.8 Å². The lowest BCUT2D eigenvalue weighted by atomic mass is 9.77. The summed E-state index contributed by atoms with van der Waals surface area (Å²) < 4.78 is 88.9. The van der Waals surface area contributed by atoms with Crippen LogP contribution in [-0.2, 0) is 26.2 Å². The molecule has 0 bridgehead atoms. The summed E-state index contributed by atoms with van der Waals surface area (Å²) >= 11 is 0. The molecule has 3 rings (SSSR count). The Morgan fingerprint density at radius 3 is 1.92 bits per heavy atom. The van der Waals surface area contributed by atoms with Crippen molar-refractivity contribution >= 4 is 22.0 Å². The molecule has 1 aliphatic heterocycles. The molecule has 1 aliphatic carbocycles. The van der Waals surface area contributed by atoms with Gasteiger partial charge >= 0.3 is 24.3 Å². The number of carbonyl (C=O) groups is 2. The molecular weight excluding hydrogens is 524 g/mol. The van der Waals surface area contributed by atoms with Gasteiger partial charge in [-0.3, -0.25) is 9.88 Å². The highest BCUT2D eigenvalue weighted by Crippen LogP contribution is 2.39. The summed E-state index contributed by atoms with van der Waals surface area (Å²) in [4.78, 5) is 24.3. The second-order valence-electron chi connectivity index (χ2n) is 8.38. The molecule has 0 radical (unpaired) electrons. The van der Waals surface area contributed by atoms with Crippen LogP contribution >= 0.6 is 0 Å². The van der Waals surface area contributed by atoms with Gasteiger partial charge in [-0.25, -0.2) is 22.3 Å². The van der Waals surface area contributed by atoms with E-state index in [-0.39, 0.29) is 0 Å². The Hall–Kier alpha value is -2.46. The van der Waals surface area contributed by atoms with Crippen molar-refractivity contribution in [1.82, 2.24) is 14.2 Å². The summed E-state index contributed by atoms with van der Waals surface area (Å²) in [7, 11) is -0.899. The van der Waals surface area contributed by atoms with E-state index in [0.29, 0.717) is 31.0 Å². The van der Waals surface area contributed by atoms with Crippen molar-refractivity contribution in [3.8, 4) is 0 Å². The van der Waals surface area contributed by atoms with E-state index in [0.717, 1.165) is 13.0 Å². The summed E-state index contributed by atoms with van der Waals surface area (Å²) in [5.41, 5.74) is 1.26. The Kier molecular flexibility index (Phi) is 11.1. The topological polar surface area (TPSA) is 128 Å². The van der Waals surface area contributed by atoms with Crippen LogP contribution in [0.15, 0.2) is 24.5 Å². The number of aliphatic carboxylic acids is 2. The number of fused-ring (bicyclic) bond motifs is 1. The van der Waals surface area contributed by atoms with Gasteiger partial charge in [-0.2, -0.15) is 26.3 Å². The number of halogens is 6. The summed E-state index contributed by atoms with van der Waals surface area (Å²) in [6.07, 6.45) is -1.65. The number of pyridine rings is 1. The fourth-order valence-electron chi connectivity index (χ4n) is 4.11. The number of aromatic nitrogens is 1. The third kappa shape index (κ3) is 10.3. The number of rotatable bonds is 4. The van der Waals surface area contributed by atoms with E-state index in [9.17, 15) is 34.8 Å². The van der Waals surface area contributed by atoms with Crippen molar-refractivity contribution in [3.05, 3.63) is 30.1 Å². The monoisotopic (exact) mass is 551 g/mol. The molecule has 16 heteroatoms. The molecule has 1 aromatic rings. The minimum atomic E-state index is -5.08. The Bertz CT molecular complexity index is 950. The average Bonchev–Trinajstić information content (AvgIpc) is 3.19. The van der Waals surface area contributed by atoms with Gasteiger partial charge in [-0.15, -0.1) is 0 Å². The van der Waals surface area contributed by atoms with Crippen LogP contribution in [0.4, 0.5) is 26.3 Å². The molecule has 1 saturated heterocycles. The summed E-state index contributed by atoms with van der Waals surface area (Å²) in [6, 6.07) is 4.57. The minimum absolute atomic E-state index is 0.468. The number of carboxylic acid groups (broad SMARTS) is 2. The largest absolute Gasteiger partial charge is 0.490 e. The van der Waals surface area contributed by atoms with Gasteiger partial charge in [0.05, 0.1) is 6.26 Å². The quantitative estimate of drug-likeness (QED) is 0.547. The van der Waals surface area contributed by atoms with Gasteiger partial charge in [-0.05, 0) is 49.4 Å². The number of nitrogens with zero attached hydrogens (tertiary/aromatic N) is 3. The van der Waals surface area contributed by atoms with E-state index in [1.54, 1.807) is 4.31 Å². The fraction of sp³-hybridized carbons (Fsp3) is 0.650. The van der Waals surface area contributed by atoms with Crippen LogP contribution in [-0.4, -0.2) is 89.5 Å². The van der Waals surface area contributed by atoms with E-state index in [2.05, 4.69) is 16.9 Å². The molecule has 2 heterocycles. The molecule has 1 aromatic heterocycles. The van der Waals surface area contributed by atoms with Crippen molar-refractivity contribution in [2.75, 3.05) is 26.4 Å². The third-order valence-corrected chi connectivity index (χ3v) is 6.96. The van der Waals surface area contributed by atoms with Crippen LogP contribution in [0.3, 0.4) is 0 Å². The van der Waals surface area contributed by atoms with Gasteiger partial charge in [0.1, 0.15) is 0 Å². The van der Waals surface area contributed by atoms with Crippen molar-refractivity contribution in [1.29, 1.82) is 0 Å². The summed E-state index contributed by atoms with van der Waals surface area (Å²) in [6.45, 7) is 2.30. The van der Waals surface area contributed by atoms with E-state index >= 15 is 0 Å². The predicted molar refractivity (Wildman–Crippen MR) is 114 cm³/mol. The Morgan fingerprint density at radius 1 is 1.03 bits per heavy atom. The van der Waals surface area contributed by atoms with Crippen LogP contribution < -0.4 is 0 Å².